The number of benzene rings is 1. The van der Waals surface area contributed by atoms with Gasteiger partial charge in [-0.3, -0.25) is 14.5 Å². The van der Waals surface area contributed by atoms with Crippen LogP contribution >= 0.6 is 46.4 Å². The first kappa shape index (κ1) is 14.9. The van der Waals surface area contributed by atoms with Crippen LogP contribution in [0, 0.1) is 0 Å². The molecule has 0 spiro atoms. The van der Waals surface area contributed by atoms with Crippen LogP contribution in [0.1, 0.15) is 40.5 Å². The molecule has 7 heteroatoms. The van der Waals surface area contributed by atoms with E-state index in [-0.39, 0.29) is 31.2 Å². The van der Waals surface area contributed by atoms with Crippen LogP contribution in [-0.4, -0.2) is 23.3 Å². The average Bonchev–Trinajstić information content (AvgIpc) is 2.63. The predicted octanol–water partition coefficient (Wildman–Crippen LogP) is 4.70. The van der Waals surface area contributed by atoms with Crippen LogP contribution in [0.5, 0.6) is 0 Å². The molecule has 1 aromatic carbocycles. The van der Waals surface area contributed by atoms with Gasteiger partial charge in [0.05, 0.1) is 31.2 Å². The predicted molar refractivity (Wildman–Crippen MR) is 76.8 cm³/mol. The Kier molecular flexibility index (Phi) is 4.31. The van der Waals surface area contributed by atoms with Gasteiger partial charge in [-0.15, -0.1) is 0 Å². The molecule has 0 saturated heterocycles. The van der Waals surface area contributed by atoms with Crippen molar-refractivity contribution in [1.82, 2.24) is 4.90 Å². The molecule has 0 fully saturated rings. The Morgan fingerprint density at radius 1 is 0.842 bits per heavy atom. The number of carbonyl (C=O) groups is 2. The second kappa shape index (κ2) is 5.49. The van der Waals surface area contributed by atoms with Gasteiger partial charge < -0.3 is 0 Å². The van der Waals surface area contributed by atoms with Gasteiger partial charge in [0.15, 0.2) is 0 Å². The lowest BCUT2D eigenvalue weighted by Gasteiger charge is -2.12. The molecule has 2 amide bonds. The van der Waals surface area contributed by atoms with Crippen LogP contribution in [-0.2, 0) is 0 Å². The van der Waals surface area contributed by atoms with Crippen LogP contribution in [0.25, 0.3) is 0 Å². The maximum absolute atomic E-state index is 12.2. The van der Waals surface area contributed by atoms with E-state index in [1.54, 1.807) is 0 Å². The highest BCUT2D eigenvalue weighted by Crippen LogP contribution is 2.44. The van der Waals surface area contributed by atoms with E-state index in [0.29, 0.717) is 13.0 Å². The summed E-state index contributed by atoms with van der Waals surface area (Å²) in [6, 6.07) is 0. The molecule has 1 heterocycles. The van der Waals surface area contributed by atoms with E-state index in [1.807, 2.05) is 6.92 Å². The van der Waals surface area contributed by atoms with Crippen molar-refractivity contribution in [3.8, 4) is 0 Å². The topological polar surface area (TPSA) is 37.4 Å². The Labute approximate surface area is 130 Å². The molecule has 0 aromatic heterocycles. The SMILES string of the molecule is CCCCN1C(=O)c2c(Cl)c(Cl)c(Cl)c(Cl)c2C1=O. The Bertz CT molecular complexity index is 539. The second-order valence-electron chi connectivity index (χ2n) is 4.12. The zero-order valence-electron chi connectivity index (χ0n) is 9.90. The molecular formula is C12H9Cl4NO2. The third kappa shape index (κ3) is 2.23. The van der Waals surface area contributed by atoms with Crippen molar-refractivity contribution in [2.45, 2.75) is 19.8 Å². The van der Waals surface area contributed by atoms with Gasteiger partial charge in [-0.1, -0.05) is 59.7 Å². The summed E-state index contributed by atoms with van der Waals surface area (Å²) in [6.07, 6.45) is 1.57. The molecule has 0 bridgehead atoms. The molecule has 0 radical (unpaired) electrons. The zero-order chi connectivity index (χ0) is 14.3. The monoisotopic (exact) mass is 339 g/mol. The maximum Gasteiger partial charge on any atom is 0.263 e. The number of rotatable bonds is 3. The van der Waals surface area contributed by atoms with Gasteiger partial charge in [0.1, 0.15) is 0 Å². The highest BCUT2D eigenvalue weighted by atomic mass is 35.5. The lowest BCUT2D eigenvalue weighted by Crippen LogP contribution is -2.30. The first-order valence-corrected chi connectivity index (χ1v) is 7.15. The number of unbranched alkanes of at least 4 members (excludes halogenated alkanes) is 1. The number of nitrogens with zero attached hydrogens (tertiary/aromatic N) is 1. The largest absolute Gasteiger partial charge is 0.274 e. The van der Waals surface area contributed by atoms with Gasteiger partial charge in [-0.2, -0.15) is 0 Å². The minimum Gasteiger partial charge on any atom is -0.274 e. The van der Waals surface area contributed by atoms with Gasteiger partial charge >= 0.3 is 0 Å². The highest BCUT2D eigenvalue weighted by molar-refractivity contribution is 6.55. The molecule has 0 aliphatic carbocycles. The third-order valence-electron chi connectivity index (χ3n) is 2.92. The summed E-state index contributed by atoms with van der Waals surface area (Å²) in [7, 11) is 0. The van der Waals surface area contributed by atoms with E-state index >= 15 is 0 Å². The lowest BCUT2D eigenvalue weighted by molar-refractivity contribution is 0.0652. The number of halogens is 4. The number of fused-ring (bicyclic) bond motifs is 1. The summed E-state index contributed by atoms with van der Waals surface area (Å²) in [5.74, 6) is -0.946. The molecule has 102 valence electrons. The van der Waals surface area contributed by atoms with Crippen LogP contribution < -0.4 is 0 Å². The lowest BCUT2D eigenvalue weighted by atomic mass is 10.1. The molecule has 3 nitrogen and oxygen atoms in total. The van der Waals surface area contributed by atoms with E-state index in [1.165, 1.54) is 0 Å². The molecule has 1 aromatic rings. The van der Waals surface area contributed by atoms with Crippen LogP contribution in [0.2, 0.25) is 20.1 Å². The normalized spacial score (nSPS) is 14.3. The standard InChI is InChI=1S/C12H9Cl4NO2/c1-2-3-4-17-11(18)5-6(12(17)19)8(14)10(16)9(15)7(5)13/h2-4H2,1H3. The molecular weight excluding hydrogens is 332 g/mol. The molecule has 1 aliphatic heterocycles. The van der Waals surface area contributed by atoms with Crippen molar-refractivity contribution in [2.75, 3.05) is 6.54 Å². The highest BCUT2D eigenvalue weighted by Gasteiger charge is 2.41. The van der Waals surface area contributed by atoms with Crippen molar-refractivity contribution >= 4 is 58.2 Å². The van der Waals surface area contributed by atoms with Gasteiger partial charge in [0, 0.05) is 6.54 Å². The number of carbonyl (C=O) groups excluding carboxylic acids is 2. The van der Waals surface area contributed by atoms with Crippen molar-refractivity contribution in [1.29, 1.82) is 0 Å². The first-order valence-electron chi connectivity index (χ1n) is 5.63. The smallest absolute Gasteiger partial charge is 0.263 e. The van der Waals surface area contributed by atoms with E-state index in [4.69, 9.17) is 46.4 Å². The average molecular weight is 341 g/mol. The summed E-state index contributed by atoms with van der Waals surface area (Å²) in [5, 5.41) is -0.0667. The van der Waals surface area contributed by atoms with Crippen LogP contribution in [0.15, 0.2) is 0 Å². The number of hydrogen-bond acceptors (Lipinski definition) is 2. The Hall–Kier alpha value is -0.480. The van der Waals surface area contributed by atoms with E-state index in [9.17, 15) is 9.59 Å². The number of hydrogen-bond donors (Lipinski definition) is 0. The second-order valence-corrected chi connectivity index (χ2v) is 5.63. The van der Waals surface area contributed by atoms with E-state index in [0.717, 1.165) is 11.3 Å². The van der Waals surface area contributed by atoms with Crippen molar-refractivity contribution < 1.29 is 9.59 Å². The minimum atomic E-state index is -0.473. The fraction of sp³-hybridized carbons (Fsp3) is 0.333. The van der Waals surface area contributed by atoms with Crippen LogP contribution in [0.4, 0.5) is 0 Å². The zero-order valence-corrected chi connectivity index (χ0v) is 12.9. The first-order chi connectivity index (χ1) is 8.91. The van der Waals surface area contributed by atoms with Crippen molar-refractivity contribution in [3.63, 3.8) is 0 Å². The minimum absolute atomic E-state index is 0.00873. The Morgan fingerprint density at radius 2 is 1.26 bits per heavy atom. The summed E-state index contributed by atoms with van der Waals surface area (Å²) in [6.45, 7) is 2.29. The Balaban J connectivity index is 2.59. The Morgan fingerprint density at radius 3 is 1.63 bits per heavy atom. The van der Waals surface area contributed by atoms with E-state index in [2.05, 4.69) is 0 Å². The molecule has 0 N–H and O–H groups in total. The van der Waals surface area contributed by atoms with Gasteiger partial charge in [-0.25, -0.2) is 0 Å². The fourth-order valence-electron chi connectivity index (χ4n) is 1.91. The van der Waals surface area contributed by atoms with Crippen LogP contribution in [0.3, 0.4) is 0 Å². The van der Waals surface area contributed by atoms with Crippen molar-refractivity contribution in [2.24, 2.45) is 0 Å². The van der Waals surface area contributed by atoms with Gasteiger partial charge in [0.25, 0.3) is 11.8 Å². The summed E-state index contributed by atoms with van der Waals surface area (Å²) in [4.78, 5) is 25.5. The summed E-state index contributed by atoms with van der Waals surface area (Å²) in [5.41, 5.74) is 0.0874. The molecule has 0 unspecified atom stereocenters. The maximum atomic E-state index is 12.2. The third-order valence-corrected chi connectivity index (χ3v) is 4.72. The van der Waals surface area contributed by atoms with Gasteiger partial charge in [-0.05, 0) is 6.42 Å². The molecule has 19 heavy (non-hydrogen) atoms. The molecule has 1 aliphatic rings. The molecule has 0 atom stereocenters. The van der Waals surface area contributed by atoms with E-state index < -0.39 is 11.8 Å². The number of imide groups is 1. The quantitative estimate of drug-likeness (QED) is 0.454. The summed E-state index contributed by atoms with van der Waals surface area (Å²) < 4.78 is 0. The summed E-state index contributed by atoms with van der Waals surface area (Å²) >= 11 is 23.8. The molecule has 0 saturated carbocycles. The molecule has 2 rings (SSSR count). The van der Waals surface area contributed by atoms with Crippen molar-refractivity contribution in [3.05, 3.63) is 31.2 Å². The fourth-order valence-corrected chi connectivity index (χ4v) is 2.93. The number of amides is 2. The van der Waals surface area contributed by atoms with Gasteiger partial charge in [0.2, 0.25) is 0 Å².